The number of nitrogens with two attached hydrogens (primary N) is 1. The smallest absolute Gasteiger partial charge is 0.316 e. The van der Waals surface area contributed by atoms with Gasteiger partial charge in [-0.3, -0.25) is 0 Å². The van der Waals surface area contributed by atoms with E-state index >= 15 is 0 Å². The Morgan fingerprint density at radius 2 is 2.08 bits per heavy atom. The van der Waals surface area contributed by atoms with E-state index in [0.29, 0.717) is 11.4 Å². The molecule has 0 spiro atoms. The Balaban J connectivity index is 2.80. The van der Waals surface area contributed by atoms with Crippen molar-refractivity contribution in [3.63, 3.8) is 0 Å². The topological polar surface area (TPSA) is 67.5 Å². The molecule has 0 unspecified atom stereocenters. The third kappa shape index (κ3) is 3.02. The van der Waals surface area contributed by atoms with E-state index in [0.717, 1.165) is 0 Å². The van der Waals surface area contributed by atoms with Crippen LogP contribution >= 0.6 is 12.2 Å². The molecule has 0 radical (unpaired) electrons. The summed E-state index contributed by atoms with van der Waals surface area (Å²) in [5.41, 5.74) is 6.23. The van der Waals surface area contributed by atoms with E-state index in [1.165, 1.54) is 0 Å². The van der Waals surface area contributed by atoms with Crippen molar-refractivity contribution < 1.29 is 4.79 Å². The Bertz CT molecular complexity index is 354. The number of hydrogen-bond donors (Lipinski definition) is 2. The molecule has 0 fully saturated rings. The third-order valence-corrected chi connectivity index (χ3v) is 1.40. The number of hydrogen-bond acceptors (Lipinski definition) is 3. The molecule has 1 aromatic carbocycles. The molecule has 0 aliphatic heterocycles. The third-order valence-electron chi connectivity index (χ3n) is 1.31. The van der Waals surface area contributed by atoms with Crippen LogP contribution in [0.2, 0.25) is 0 Å². The van der Waals surface area contributed by atoms with Crippen LogP contribution in [0.15, 0.2) is 29.3 Å². The van der Waals surface area contributed by atoms with Crippen LogP contribution in [0.3, 0.4) is 0 Å². The molecule has 5 heteroatoms. The van der Waals surface area contributed by atoms with Crippen LogP contribution in [0.25, 0.3) is 0 Å². The predicted octanol–water partition coefficient (Wildman–Crippen LogP) is 1.91. The summed E-state index contributed by atoms with van der Waals surface area (Å²) in [7, 11) is 0. The molecule has 0 saturated heterocycles. The summed E-state index contributed by atoms with van der Waals surface area (Å²) in [6.45, 7) is 0. The number of nitrogens with zero attached hydrogens (tertiary/aromatic N) is 1. The van der Waals surface area contributed by atoms with E-state index in [1.807, 2.05) is 0 Å². The Morgan fingerprint density at radius 3 is 2.54 bits per heavy atom. The first-order valence-electron chi connectivity index (χ1n) is 3.47. The van der Waals surface area contributed by atoms with Gasteiger partial charge in [0.25, 0.3) is 0 Å². The lowest BCUT2D eigenvalue weighted by molar-refractivity contribution is 0.259. The fourth-order valence-electron chi connectivity index (χ4n) is 0.814. The number of primary amides is 1. The van der Waals surface area contributed by atoms with Gasteiger partial charge in [-0.05, 0) is 36.5 Å². The van der Waals surface area contributed by atoms with Crippen LogP contribution in [-0.2, 0) is 0 Å². The Morgan fingerprint density at radius 1 is 1.46 bits per heavy atom. The molecule has 3 N–H and O–H groups in total. The van der Waals surface area contributed by atoms with Crippen molar-refractivity contribution in [3.8, 4) is 0 Å². The normalized spacial score (nSPS) is 8.62. The molecule has 4 nitrogen and oxygen atoms in total. The zero-order chi connectivity index (χ0) is 9.68. The molecule has 0 atom stereocenters. The molecule has 66 valence electrons. The molecule has 1 aromatic rings. The summed E-state index contributed by atoms with van der Waals surface area (Å²) in [5, 5.41) is 4.67. The van der Waals surface area contributed by atoms with Gasteiger partial charge in [0.2, 0.25) is 0 Å². The zero-order valence-electron chi connectivity index (χ0n) is 6.65. The van der Waals surface area contributed by atoms with Crippen molar-refractivity contribution in [2.45, 2.75) is 0 Å². The number of nitrogens with one attached hydrogen (secondary N) is 1. The molecule has 0 heterocycles. The average Bonchev–Trinajstić information content (AvgIpc) is 2.08. The van der Waals surface area contributed by atoms with Gasteiger partial charge in [-0.2, -0.15) is 4.99 Å². The summed E-state index contributed by atoms with van der Waals surface area (Å²) in [5.74, 6) is 0. The van der Waals surface area contributed by atoms with E-state index in [4.69, 9.17) is 5.73 Å². The average molecular weight is 193 g/mol. The number of carbonyl (C=O) groups is 1. The van der Waals surface area contributed by atoms with Crippen LogP contribution in [-0.4, -0.2) is 11.2 Å². The maximum Gasteiger partial charge on any atom is 0.316 e. The van der Waals surface area contributed by atoms with Gasteiger partial charge in [0.15, 0.2) is 0 Å². The minimum absolute atomic E-state index is 0.592. The number of aliphatic imine (C=N–C) groups is 1. The second-order valence-electron chi connectivity index (χ2n) is 2.24. The van der Waals surface area contributed by atoms with Crippen molar-refractivity contribution >= 4 is 34.8 Å². The Kier molecular flexibility index (Phi) is 3.14. The summed E-state index contributed by atoms with van der Waals surface area (Å²) in [6, 6.07) is 6.16. The molecular weight excluding hydrogens is 186 g/mol. The van der Waals surface area contributed by atoms with Crippen molar-refractivity contribution in [2.75, 3.05) is 5.32 Å². The number of amides is 2. The molecule has 2 amide bonds. The SMILES string of the molecule is NC(=O)Nc1ccc(N=C=S)cc1. The molecule has 1 rings (SSSR count). The fourth-order valence-corrected chi connectivity index (χ4v) is 0.920. The van der Waals surface area contributed by atoms with E-state index in [1.54, 1.807) is 24.3 Å². The quantitative estimate of drug-likeness (QED) is 0.556. The summed E-state index contributed by atoms with van der Waals surface area (Å²) in [4.78, 5) is 14.2. The lowest BCUT2D eigenvalue weighted by Crippen LogP contribution is -2.18. The lowest BCUT2D eigenvalue weighted by Gasteiger charge is -1.99. The van der Waals surface area contributed by atoms with Crippen LogP contribution in [0.4, 0.5) is 16.2 Å². The van der Waals surface area contributed by atoms with Crippen LogP contribution in [0, 0.1) is 0 Å². The van der Waals surface area contributed by atoms with Gasteiger partial charge < -0.3 is 11.1 Å². The zero-order valence-corrected chi connectivity index (χ0v) is 7.47. The van der Waals surface area contributed by atoms with E-state index in [2.05, 4.69) is 27.7 Å². The number of anilines is 1. The molecular formula is C8H7N3OS. The maximum atomic E-state index is 10.4. The molecule has 0 bridgehead atoms. The highest BCUT2D eigenvalue weighted by Gasteiger charge is 1.94. The second-order valence-corrected chi connectivity index (χ2v) is 2.42. The van der Waals surface area contributed by atoms with E-state index in [9.17, 15) is 4.79 Å². The minimum atomic E-state index is -0.592. The van der Waals surface area contributed by atoms with Gasteiger partial charge >= 0.3 is 6.03 Å². The monoisotopic (exact) mass is 193 g/mol. The van der Waals surface area contributed by atoms with Crippen LogP contribution in [0.1, 0.15) is 0 Å². The van der Waals surface area contributed by atoms with Crippen LogP contribution < -0.4 is 11.1 Å². The predicted molar refractivity (Wildman–Crippen MR) is 54.3 cm³/mol. The highest BCUT2D eigenvalue weighted by molar-refractivity contribution is 7.78. The van der Waals surface area contributed by atoms with Crippen molar-refractivity contribution in [3.05, 3.63) is 24.3 Å². The van der Waals surface area contributed by atoms with E-state index < -0.39 is 6.03 Å². The van der Waals surface area contributed by atoms with Gasteiger partial charge in [0.05, 0.1) is 10.8 Å². The highest BCUT2D eigenvalue weighted by atomic mass is 32.1. The van der Waals surface area contributed by atoms with Gasteiger partial charge in [-0.1, -0.05) is 0 Å². The molecule has 0 aliphatic carbocycles. The van der Waals surface area contributed by atoms with Gasteiger partial charge in [0.1, 0.15) is 0 Å². The summed E-state index contributed by atoms with van der Waals surface area (Å²) in [6.07, 6.45) is 0. The summed E-state index contributed by atoms with van der Waals surface area (Å²) >= 11 is 4.43. The highest BCUT2D eigenvalue weighted by Crippen LogP contribution is 2.15. The number of thiocarbonyl (C=S) groups is 1. The van der Waals surface area contributed by atoms with E-state index in [-0.39, 0.29) is 0 Å². The number of isothiocyanates is 1. The summed E-state index contributed by atoms with van der Waals surface area (Å²) < 4.78 is 0. The second kappa shape index (κ2) is 4.35. The van der Waals surface area contributed by atoms with Gasteiger partial charge in [-0.25, -0.2) is 4.79 Å². The number of carbonyl (C=O) groups excluding carboxylic acids is 1. The maximum absolute atomic E-state index is 10.4. The number of rotatable bonds is 2. The molecule has 0 aromatic heterocycles. The lowest BCUT2D eigenvalue weighted by atomic mass is 10.3. The van der Waals surface area contributed by atoms with Gasteiger partial charge in [-0.15, -0.1) is 0 Å². The standard InChI is InChI=1S/C8H7N3OS/c9-8(12)11-7-3-1-6(2-4-7)10-5-13/h1-4H,(H3,9,11,12). The van der Waals surface area contributed by atoms with Crippen molar-refractivity contribution in [1.29, 1.82) is 0 Å². The number of urea groups is 1. The van der Waals surface area contributed by atoms with Crippen molar-refractivity contribution in [2.24, 2.45) is 10.7 Å². The fraction of sp³-hybridized carbons (Fsp3) is 0. The Hall–Kier alpha value is -1.71. The number of benzene rings is 1. The van der Waals surface area contributed by atoms with Gasteiger partial charge in [0, 0.05) is 5.69 Å². The van der Waals surface area contributed by atoms with Crippen LogP contribution in [0.5, 0.6) is 0 Å². The largest absolute Gasteiger partial charge is 0.351 e. The first kappa shape index (κ1) is 9.38. The first-order chi connectivity index (χ1) is 6.22. The first-order valence-corrected chi connectivity index (χ1v) is 3.87. The minimum Gasteiger partial charge on any atom is -0.351 e. The van der Waals surface area contributed by atoms with Crippen molar-refractivity contribution in [1.82, 2.24) is 0 Å². The molecule has 0 aliphatic rings. The molecule has 0 saturated carbocycles. The Labute approximate surface area is 80.5 Å². The molecule has 13 heavy (non-hydrogen) atoms.